The molecular weight excluding hydrogens is 407 g/mol. The van der Waals surface area contributed by atoms with E-state index in [1.54, 1.807) is 0 Å². The summed E-state index contributed by atoms with van der Waals surface area (Å²) in [4.78, 5) is 0. The number of hydrogen-bond donors (Lipinski definition) is 3. The first kappa shape index (κ1) is 22.8. The van der Waals surface area contributed by atoms with Crippen molar-refractivity contribution in [3.8, 4) is 0 Å². The zero-order valence-corrected chi connectivity index (χ0v) is 18.5. The molecule has 164 valence electrons. The molecule has 3 N–H and O–H groups in total. The monoisotopic (exact) mass is 437 g/mol. The number of allylic oxidation sites excluding steroid dienone is 2. The van der Waals surface area contributed by atoms with Gasteiger partial charge in [-0.05, 0) is 54.7 Å². The summed E-state index contributed by atoms with van der Waals surface area (Å²) in [6, 6.07) is 2.16. The predicted molar refractivity (Wildman–Crippen MR) is 118 cm³/mol. The van der Waals surface area contributed by atoms with Gasteiger partial charge in [-0.3, -0.25) is 0 Å². The van der Waals surface area contributed by atoms with Crippen LogP contribution in [0.25, 0.3) is 0 Å². The maximum atomic E-state index is 14.5. The standard InChI is InChI=1S/C23H30F3N3S/c1-13-4-6-15(7-5-13)23(28-3)17(10-27)20-12-30-21(11-29-20)22-18(25)8-16(14(2)24)9-19(22)26/h8-10,12-15,21,27-29H,4-7,11H2,1-3H3/b23-17+,27-10?/t13?,14-,15?,21?/m1/s1. The summed E-state index contributed by atoms with van der Waals surface area (Å²) in [5, 5.41) is 15.9. The van der Waals surface area contributed by atoms with Crippen LogP contribution in [0.1, 0.15) is 62.1 Å². The van der Waals surface area contributed by atoms with Crippen molar-refractivity contribution in [2.75, 3.05) is 13.6 Å². The molecule has 0 saturated heterocycles. The van der Waals surface area contributed by atoms with Crippen LogP contribution in [0.15, 0.2) is 34.5 Å². The third-order valence-corrected chi connectivity index (χ3v) is 7.23. The summed E-state index contributed by atoms with van der Waals surface area (Å²) in [6.07, 6.45) is 4.46. The van der Waals surface area contributed by atoms with Crippen LogP contribution in [-0.2, 0) is 0 Å². The fourth-order valence-corrected chi connectivity index (χ4v) is 5.37. The first-order chi connectivity index (χ1) is 14.3. The third kappa shape index (κ3) is 4.88. The second-order valence-electron chi connectivity index (χ2n) is 8.23. The summed E-state index contributed by atoms with van der Waals surface area (Å²) < 4.78 is 42.5. The van der Waals surface area contributed by atoms with Gasteiger partial charge in [0.1, 0.15) is 17.8 Å². The molecule has 1 aliphatic carbocycles. The van der Waals surface area contributed by atoms with Crippen molar-refractivity contribution in [3.05, 3.63) is 57.3 Å². The highest BCUT2D eigenvalue weighted by Crippen LogP contribution is 2.39. The highest BCUT2D eigenvalue weighted by molar-refractivity contribution is 8.02. The second kappa shape index (κ2) is 9.94. The normalized spacial score (nSPS) is 26.2. The van der Waals surface area contributed by atoms with Gasteiger partial charge in [0.05, 0.1) is 10.9 Å². The minimum absolute atomic E-state index is 0.00763. The molecule has 0 aromatic heterocycles. The lowest BCUT2D eigenvalue weighted by Crippen LogP contribution is -2.29. The Morgan fingerprint density at radius 3 is 2.33 bits per heavy atom. The molecule has 7 heteroatoms. The topological polar surface area (TPSA) is 47.9 Å². The molecule has 2 aliphatic rings. The number of rotatable bonds is 6. The summed E-state index contributed by atoms with van der Waals surface area (Å²) in [6.45, 7) is 3.86. The number of halogens is 3. The van der Waals surface area contributed by atoms with E-state index in [1.165, 1.54) is 37.7 Å². The highest BCUT2D eigenvalue weighted by Gasteiger charge is 2.28. The van der Waals surface area contributed by atoms with Gasteiger partial charge in [0.25, 0.3) is 0 Å². The Bertz CT molecular complexity index is 819. The van der Waals surface area contributed by atoms with E-state index in [-0.39, 0.29) is 11.1 Å². The summed E-state index contributed by atoms with van der Waals surface area (Å²) >= 11 is 1.32. The third-order valence-electron chi connectivity index (χ3n) is 6.13. The first-order valence-corrected chi connectivity index (χ1v) is 11.4. The Morgan fingerprint density at radius 1 is 1.23 bits per heavy atom. The van der Waals surface area contributed by atoms with Crippen molar-refractivity contribution in [2.45, 2.75) is 51.0 Å². The molecule has 1 aliphatic heterocycles. The number of alkyl halides is 1. The molecule has 0 radical (unpaired) electrons. The first-order valence-electron chi connectivity index (χ1n) is 10.5. The van der Waals surface area contributed by atoms with Crippen LogP contribution in [0.2, 0.25) is 0 Å². The van der Waals surface area contributed by atoms with Crippen molar-refractivity contribution < 1.29 is 13.2 Å². The zero-order valence-electron chi connectivity index (χ0n) is 17.7. The average Bonchev–Trinajstić information content (AvgIpc) is 2.73. The number of nitrogens with one attached hydrogen (secondary N) is 3. The van der Waals surface area contributed by atoms with Crippen molar-refractivity contribution in [2.24, 2.45) is 11.8 Å². The number of hydrogen-bond acceptors (Lipinski definition) is 4. The summed E-state index contributed by atoms with van der Waals surface area (Å²) in [5.41, 5.74) is 2.61. The molecule has 3 rings (SSSR count). The quantitative estimate of drug-likeness (QED) is 0.467. The maximum absolute atomic E-state index is 14.5. The zero-order chi connectivity index (χ0) is 21.8. The van der Waals surface area contributed by atoms with Gasteiger partial charge in [0.2, 0.25) is 0 Å². The van der Waals surface area contributed by atoms with Crippen molar-refractivity contribution in [1.82, 2.24) is 10.6 Å². The van der Waals surface area contributed by atoms with Gasteiger partial charge in [-0.15, -0.1) is 11.8 Å². The predicted octanol–water partition coefficient (Wildman–Crippen LogP) is 6.16. The molecule has 2 atom stereocenters. The van der Waals surface area contributed by atoms with E-state index in [4.69, 9.17) is 5.41 Å². The van der Waals surface area contributed by atoms with E-state index in [9.17, 15) is 13.2 Å². The van der Waals surface area contributed by atoms with Gasteiger partial charge in [-0.1, -0.05) is 19.8 Å². The van der Waals surface area contributed by atoms with Crippen molar-refractivity contribution in [3.63, 3.8) is 0 Å². The minimum Gasteiger partial charge on any atom is -0.391 e. The number of benzene rings is 1. The van der Waals surface area contributed by atoms with Gasteiger partial charge in [-0.25, -0.2) is 13.2 Å². The maximum Gasteiger partial charge on any atom is 0.130 e. The van der Waals surface area contributed by atoms with Crippen LogP contribution in [0.4, 0.5) is 13.2 Å². The molecule has 30 heavy (non-hydrogen) atoms. The summed E-state index contributed by atoms with van der Waals surface area (Å²) in [5.74, 6) is -0.317. The lowest BCUT2D eigenvalue weighted by atomic mass is 9.80. The second-order valence-corrected chi connectivity index (χ2v) is 9.31. The van der Waals surface area contributed by atoms with E-state index in [0.717, 1.165) is 47.9 Å². The fourth-order valence-electron chi connectivity index (χ4n) is 4.32. The molecule has 0 bridgehead atoms. The van der Waals surface area contributed by atoms with E-state index in [1.807, 2.05) is 12.5 Å². The molecule has 1 heterocycles. The van der Waals surface area contributed by atoms with Gasteiger partial charge in [-0.2, -0.15) is 0 Å². The van der Waals surface area contributed by atoms with Gasteiger partial charge in [0, 0.05) is 36.6 Å². The van der Waals surface area contributed by atoms with Crippen LogP contribution in [0.3, 0.4) is 0 Å². The Balaban J connectivity index is 1.83. The Labute approximate surface area is 181 Å². The molecule has 1 saturated carbocycles. The van der Waals surface area contributed by atoms with E-state index in [0.29, 0.717) is 12.5 Å². The van der Waals surface area contributed by atoms with Crippen LogP contribution >= 0.6 is 11.8 Å². The molecule has 1 unspecified atom stereocenters. The molecular formula is C23H30F3N3S. The smallest absolute Gasteiger partial charge is 0.130 e. The summed E-state index contributed by atoms with van der Waals surface area (Å²) in [7, 11) is 1.88. The van der Waals surface area contributed by atoms with Crippen molar-refractivity contribution in [1.29, 1.82) is 5.41 Å². The van der Waals surface area contributed by atoms with E-state index in [2.05, 4.69) is 17.6 Å². The molecule has 1 aromatic rings. The molecule has 0 spiro atoms. The minimum atomic E-state index is -1.42. The van der Waals surface area contributed by atoms with Crippen molar-refractivity contribution >= 4 is 18.0 Å². The molecule has 1 aromatic carbocycles. The van der Waals surface area contributed by atoms with Gasteiger partial charge >= 0.3 is 0 Å². The lowest BCUT2D eigenvalue weighted by molar-refractivity contribution is 0.312. The largest absolute Gasteiger partial charge is 0.391 e. The van der Waals surface area contributed by atoms with Crippen LogP contribution in [-0.4, -0.2) is 19.8 Å². The van der Waals surface area contributed by atoms with E-state index < -0.39 is 23.1 Å². The molecule has 0 amide bonds. The van der Waals surface area contributed by atoms with Gasteiger partial charge < -0.3 is 16.0 Å². The molecule has 3 nitrogen and oxygen atoms in total. The van der Waals surface area contributed by atoms with Crippen LogP contribution < -0.4 is 10.6 Å². The lowest BCUT2D eigenvalue weighted by Gasteiger charge is -2.31. The van der Waals surface area contributed by atoms with E-state index >= 15 is 0 Å². The Hall–Kier alpha value is -1.89. The Morgan fingerprint density at radius 2 is 1.87 bits per heavy atom. The molecule has 1 fully saturated rings. The SMILES string of the molecule is CN/C(=C(\C=N)C1=CSC(c2c(F)cc([C@@H](C)F)cc2F)CN1)C1CCC(C)CC1. The fraction of sp³-hybridized carbons (Fsp3) is 0.522. The average molecular weight is 438 g/mol. The van der Waals surface area contributed by atoms with Crippen LogP contribution in [0, 0.1) is 28.9 Å². The Kier molecular flexibility index (Phi) is 7.55. The van der Waals surface area contributed by atoms with Crippen LogP contribution in [0.5, 0.6) is 0 Å². The number of thioether (sulfide) groups is 1. The highest BCUT2D eigenvalue weighted by atomic mass is 32.2. The van der Waals surface area contributed by atoms with Gasteiger partial charge in [0.15, 0.2) is 0 Å².